The van der Waals surface area contributed by atoms with E-state index in [4.69, 9.17) is 9.73 Å². The van der Waals surface area contributed by atoms with Gasteiger partial charge >= 0.3 is 0 Å². The maximum Gasteiger partial charge on any atom is 0.191 e. The van der Waals surface area contributed by atoms with Crippen LogP contribution < -0.4 is 15.4 Å². The summed E-state index contributed by atoms with van der Waals surface area (Å²) in [6.07, 6.45) is 9.78. The highest BCUT2D eigenvalue weighted by molar-refractivity contribution is 5.79. The molecule has 0 spiro atoms. The Morgan fingerprint density at radius 2 is 2.10 bits per heavy atom. The number of hydrogen-bond acceptors (Lipinski definition) is 4. The van der Waals surface area contributed by atoms with Gasteiger partial charge in [0.1, 0.15) is 17.9 Å². The largest absolute Gasteiger partial charge is 0.493 e. The van der Waals surface area contributed by atoms with Crippen molar-refractivity contribution in [3.05, 3.63) is 72.4 Å². The fraction of sp³-hybridized carbons (Fsp3) is 0.348. The van der Waals surface area contributed by atoms with Crippen LogP contribution in [-0.4, -0.2) is 33.6 Å². The lowest BCUT2D eigenvalue weighted by Gasteiger charge is -2.14. The van der Waals surface area contributed by atoms with Gasteiger partial charge in [-0.2, -0.15) is 0 Å². The first-order valence-electron chi connectivity index (χ1n) is 10.5. The summed E-state index contributed by atoms with van der Waals surface area (Å²) in [4.78, 5) is 13.2. The second-order valence-corrected chi connectivity index (χ2v) is 7.41. The predicted molar refractivity (Wildman–Crippen MR) is 118 cm³/mol. The molecule has 0 radical (unpaired) electrons. The summed E-state index contributed by atoms with van der Waals surface area (Å²) in [6.45, 7) is 4.87. The van der Waals surface area contributed by atoms with Crippen molar-refractivity contribution in [2.75, 3.05) is 13.2 Å². The fourth-order valence-electron chi connectivity index (χ4n) is 3.03. The van der Waals surface area contributed by atoms with Gasteiger partial charge in [-0.15, -0.1) is 0 Å². The van der Waals surface area contributed by atoms with Crippen LogP contribution in [0.2, 0.25) is 0 Å². The average molecular weight is 405 g/mol. The number of ether oxygens (including phenoxy) is 1. The molecule has 1 fully saturated rings. The van der Waals surface area contributed by atoms with E-state index in [2.05, 4.69) is 33.6 Å². The number of aromatic nitrogens is 3. The normalized spacial score (nSPS) is 13.8. The lowest BCUT2D eigenvalue weighted by atomic mass is 10.2. The molecule has 0 aliphatic heterocycles. The molecule has 2 aromatic heterocycles. The van der Waals surface area contributed by atoms with Gasteiger partial charge in [-0.1, -0.05) is 24.3 Å². The Kier molecular flexibility index (Phi) is 6.59. The molecule has 30 heavy (non-hydrogen) atoms. The number of nitrogens with zero attached hydrogens (tertiary/aromatic N) is 4. The van der Waals surface area contributed by atoms with Crippen molar-refractivity contribution in [1.82, 2.24) is 25.2 Å². The molecule has 156 valence electrons. The molecule has 4 rings (SSSR count). The maximum absolute atomic E-state index is 6.01. The van der Waals surface area contributed by atoms with E-state index < -0.39 is 0 Å². The summed E-state index contributed by atoms with van der Waals surface area (Å²) in [5, 5.41) is 6.71. The molecule has 1 aliphatic rings. The SMILES string of the molecule is CCNC(=NCc1ccc(-n2ccnc2)nc1)NCc1ccccc1OCC1CC1. The Morgan fingerprint density at radius 1 is 1.20 bits per heavy atom. The molecule has 0 bridgehead atoms. The number of rotatable bonds is 9. The monoisotopic (exact) mass is 404 g/mol. The third kappa shape index (κ3) is 5.59. The van der Waals surface area contributed by atoms with E-state index in [1.807, 2.05) is 47.3 Å². The molecular formula is C23H28N6O. The number of guanidine groups is 1. The van der Waals surface area contributed by atoms with Crippen molar-refractivity contribution in [2.45, 2.75) is 32.9 Å². The quantitative estimate of drug-likeness (QED) is 0.423. The summed E-state index contributed by atoms with van der Waals surface area (Å²) in [5.74, 6) is 3.30. The summed E-state index contributed by atoms with van der Waals surface area (Å²) in [7, 11) is 0. The van der Waals surface area contributed by atoms with E-state index in [-0.39, 0.29) is 0 Å². The topological polar surface area (TPSA) is 76.4 Å². The van der Waals surface area contributed by atoms with Crippen LogP contribution >= 0.6 is 0 Å². The summed E-state index contributed by atoms with van der Waals surface area (Å²) < 4.78 is 7.89. The first-order chi connectivity index (χ1) is 14.8. The van der Waals surface area contributed by atoms with Gasteiger partial charge in [-0.25, -0.2) is 15.0 Å². The number of nitrogens with one attached hydrogen (secondary N) is 2. The zero-order valence-electron chi connectivity index (χ0n) is 17.3. The van der Waals surface area contributed by atoms with Crippen molar-refractivity contribution in [3.8, 4) is 11.6 Å². The Balaban J connectivity index is 1.36. The van der Waals surface area contributed by atoms with E-state index >= 15 is 0 Å². The Bertz CT molecular complexity index is 948. The average Bonchev–Trinajstić information content (AvgIpc) is 3.45. The molecular weight excluding hydrogens is 376 g/mol. The number of imidazole rings is 1. The maximum atomic E-state index is 6.01. The molecule has 0 amide bonds. The van der Waals surface area contributed by atoms with E-state index in [9.17, 15) is 0 Å². The standard InChI is InChI=1S/C23H28N6O/c1-2-25-23(27-14-19-9-10-22(26-13-19)29-12-11-24-17-29)28-15-20-5-3-4-6-21(20)30-16-18-7-8-18/h3-6,9-13,17-18H,2,7-8,14-16H2,1H3,(H2,25,27,28). The van der Waals surface area contributed by atoms with Gasteiger partial charge in [-0.05, 0) is 43.4 Å². The Labute approximate surface area is 177 Å². The second-order valence-electron chi connectivity index (χ2n) is 7.41. The molecule has 0 saturated heterocycles. The van der Waals surface area contributed by atoms with Crippen LogP contribution in [0.3, 0.4) is 0 Å². The molecule has 1 aromatic carbocycles. The zero-order valence-corrected chi connectivity index (χ0v) is 17.3. The molecule has 0 atom stereocenters. The molecule has 7 nitrogen and oxygen atoms in total. The van der Waals surface area contributed by atoms with Gasteiger partial charge in [0.05, 0.1) is 13.2 Å². The molecule has 1 saturated carbocycles. The minimum Gasteiger partial charge on any atom is -0.493 e. The van der Waals surface area contributed by atoms with E-state index in [0.29, 0.717) is 13.1 Å². The van der Waals surface area contributed by atoms with Crippen LogP contribution in [-0.2, 0) is 13.1 Å². The molecule has 2 heterocycles. The van der Waals surface area contributed by atoms with Crippen LogP contribution in [0.15, 0.2) is 66.3 Å². The van der Waals surface area contributed by atoms with Crippen LogP contribution in [0.5, 0.6) is 5.75 Å². The van der Waals surface area contributed by atoms with Crippen LogP contribution in [0.1, 0.15) is 30.9 Å². The minimum atomic E-state index is 0.548. The van der Waals surface area contributed by atoms with Gasteiger partial charge in [-0.3, -0.25) is 4.57 Å². The molecule has 3 aromatic rings. The highest BCUT2D eigenvalue weighted by Crippen LogP contribution is 2.30. The fourth-order valence-corrected chi connectivity index (χ4v) is 3.03. The zero-order chi connectivity index (χ0) is 20.6. The predicted octanol–water partition coefficient (Wildman–Crippen LogP) is 3.31. The van der Waals surface area contributed by atoms with Crippen molar-refractivity contribution in [2.24, 2.45) is 10.9 Å². The summed E-state index contributed by atoms with van der Waals surface area (Å²) in [5.41, 5.74) is 2.18. The van der Waals surface area contributed by atoms with Gasteiger partial charge in [0.15, 0.2) is 5.96 Å². The van der Waals surface area contributed by atoms with Gasteiger partial charge in [0.2, 0.25) is 0 Å². The number of para-hydroxylation sites is 1. The third-order valence-corrected chi connectivity index (χ3v) is 4.93. The summed E-state index contributed by atoms with van der Waals surface area (Å²) in [6, 6.07) is 12.2. The smallest absolute Gasteiger partial charge is 0.191 e. The van der Waals surface area contributed by atoms with Crippen molar-refractivity contribution < 1.29 is 4.74 Å². The van der Waals surface area contributed by atoms with Crippen molar-refractivity contribution in [3.63, 3.8) is 0 Å². The van der Waals surface area contributed by atoms with Crippen LogP contribution in [0, 0.1) is 5.92 Å². The van der Waals surface area contributed by atoms with Crippen LogP contribution in [0.4, 0.5) is 0 Å². The summed E-state index contributed by atoms with van der Waals surface area (Å²) >= 11 is 0. The molecule has 2 N–H and O–H groups in total. The number of pyridine rings is 1. The second kappa shape index (κ2) is 9.91. The number of benzene rings is 1. The first kappa shape index (κ1) is 19.9. The first-order valence-corrected chi connectivity index (χ1v) is 10.5. The molecule has 1 aliphatic carbocycles. The van der Waals surface area contributed by atoms with E-state index in [0.717, 1.165) is 47.7 Å². The lowest BCUT2D eigenvalue weighted by molar-refractivity contribution is 0.296. The highest BCUT2D eigenvalue weighted by atomic mass is 16.5. The van der Waals surface area contributed by atoms with Gasteiger partial charge in [0.25, 0.3) is 0 Å². The number of hydrogen-bond donors (Lipinski definition) is 2. The van der Waals surface area contributed by atoms with Crippen molar-refractivity contribution >= 4 is 5.96 Å². The van der Waals surface area contributed by atoms with E-state index in [1.165, 1.54) is 12.8 Å². The Hall–Kier alpha value is -3.35. The van der Waals surface area contributed by atoms with Gasteiger partial charge in [0, 0.05) is 37.2 Å². The Morgan fingerprint density at radius 3 is 2.83 bits per heavy atom. The van der Waals surface area contributed by atoms with Crippen LogP contribution in [0.25, 0.3) is 5.82 Å². The lowest BCUT2D eigenvalue weighted by Crippen LogP contribution is -2.36. The molecule has 0 unspecified atom stereocenters. The van der Waals surface area contributed by atoms with Crippen molar-refractivity contribution in [1.29, 1.82) is 0 Å². The third-order valence-electron chi connectivity index (χ3n) is 4.93. The minimum absolute atomic E-state index is 0.548. The van der Waals surface area contributed by atoms with Gasteiger partial charge < -0.3 is 15.4 Å². The van der Waals surface area contributed by atoms with E-state index in [1.54, 1.807) is 12.5 Å². The number of aliphatic imine (C=N–C) groups is 1. The highest BCUT2D eigenvalue weighted by Gasteiger charge is 2.22. The molecule has 7 heteroatoms.